The monoisotopic (exact) mass is 359 g/mol. The highest BCUT2D eigenvalue weighted by atomic mass is 35.5. The molecule has 0 aliphatic carbocycles. The SMILES string of the molecule is COc1c(C)cnc(Cn2cc(C(C)C)c3c(Cl)nc(N)nc32)c1C. The molecule has 0 fully saturated rings. The molecule has 0 spiro atoms. The number of nitrogens with zero attached hydrogens (tertiary/aromatic N) is 4. The number of aryl methyl sites for hydroxylation is 1. The quantitative estimate of drug-likeness (QED) is 0.715. The maximum atomic E-state index is 6.35. The van der Waals surface area contributed by atoms with Crippen LogP contribution in [0.3, 0.4) is 0 Å². The van der Waals surface area contributed by atoms with Crippen LogP contribution in [-0.4, -0.2) is 26.6 Å². The molecule has 132 valence electrons. The molecule has 0 saturated heterocycles. The highest BCUT2D eigenvalue weighted by molar-refractivity contribution is 6.34. The Hall–Kier alpha value is -2.34. The third kappa shape index (κ3) is 3.02. The van der Waals surface area contributed by atoms with E-state index in [1.54, 1.807) is 7.11 Å². The minimum atomic E-state index is 0.165. The van der Waals surface area contributed by atoms with Crippen LogP contribution in [0, 0.1) is 13.8 Å². The van der Waals surface area contributed by atoms with Crippen molar-refractivity contribution in [2.75, 3.05) is 12.8 Å². The summed E-state index contributed by atoms with van der Waals surface area (Å²) in [4.78, 5) is 13.1. The predicted octanol–water partition coefficient (Wildman–Crippen LogP) is 3.86. The van der Waals surface area contributed by atoms with Crippen LogP contribution in [0.25, 0.3) is 11.0 Å². The maximum Gasteiger partial charge on any atom is 0.223 e. The third-order valence-corrected chi connectivity index (χ3v) is 4.68. The Balaban J connectivity index is 2.17. The number of hydrogen-bond acceptors (Lipinski definition) is 5. The van der Waals surface area contributed by atoms with Crippen LogP contribution in [0.1, 0.15) is 42.1 Å². The van der Waals surface area contributed by atoms with Crippen molar-refractivity contribution in [2.24, 2.45) is 0 Å². The van der Waals surface area contributed by atoms with Crippen molar-refractivity contribution in [1.29, 1.82) is 0 Å². The molecule has 0 atom stereocenters. The second kappa shape index (κ2) is 6.52. The number of halogens is 1. The molecule has 0 aliphatic rings. The first-order valence-corrected chi connectivity index (χ1v) is 8.52. The maximum absolute atomic E-state index is 6.35. The number of nitrogens with two attached hydrogens (primary N) is 1. The number of anilines is 1. The molecule has 3 rings (SSSR count). The van der Waals surface area contributed by atoms with E-state index in [-0.39, 0.29) is 11.9 Å². The third-order valence-electron chi connectivity index (χ3n) is 4.41. The number of fused-ring (bicyclic) bond motifs is 1. The van der Waals surface area contributed by atoms with Crippen molar-refractivity contribution in [3.63, 3.8) is 0 Å². The van der Waals surface area contributed by atoms with E-state index >= 15 is 0 Å². The molecular formula is C18H22ClN5O. The van der Waals surface area contributed by atoms with E-state index in [2.05, 4.69) is 35.0 Å². The smallest absolute Gasteiger partial charge is 0.223 e. The average molecular weight is 360 g/mol. The summed E-state index contributed by atoms with van der Waals surface area (Å²) in [5, 5.41) is 1.23. The lowest BCUT2D eigenvalue weighted by Crippen LogP contribution is -2.07. The molecule has 3 aromatic heterocycles. The molecular weight excluding hydrogens is 338 g/mol. The van der Waals surface area contributed by atoms with Crippen LogP contribution in [0.2, 0.25) is 5.15 Å². The fourth-order valence-corrected chi connectivity index (χ4v) is 3.42. The zero-order chi connectivity index (χ0) is 18.3. The normalized spacial score (nSPS) is 11.5. The summed E-state index contributed by atoms with van der Waals surface area (Å²) >= 11 is 6.35. The van der Waals surface area contributed by atoms with Gasteiger partial charge in [-0.1, -0.05) is 25.4 Å². The van der Waals surface area contributed by atoms with Gasteiger partial charge in [0.05, 0.1) is 24.7 Å². The Morgan fingerprint density at radius 1 is 1.28 bits per heavy atom. The summed E-state index contributed by atoms with van der Waals surface area (Å²) in [5.41, 5.74) is 10.6. The first kappa shape index (κ1) is 17.5. The van der Waals surface area contributed by atoms with Crippen molar-refractivity contribution in [1.82, 2.24) is 19.5 Å². The summed E-state index contributed by atoms with van der Waals surface area (Å²) in [6.07, 6.45) is 3.88. The molecule has 25 heavy (non-hydrogen) atoms. The lowest BCUT2D eigenvalue weighted by molar-refractivity contribution is 0.406. The van der Waals surface area contributed by atoms with Gasteiger partial charge in [0.25, 0.3) is 0 Å². The van der Waals surface area contributed by atoms with Gasteiger partial charge in [0.1, 0.15) is 16.5 Å². The first-order chi connectivity index (χ1) is 11.8. The van der Waals surface area contributed by atoms with Crippen molar-refractivity contribution >= 4 is 28.6 Å². The molecule has 7 heteroatoms. The lowest BCUT2D eigenvalue weighted by atomic mass is 10.0. The van der Waals surface area contributed by atoms with E-state index in [1.165, 1.54) is 0 Å². The fraction of sp³-hybridized carbons (Fsp3) is 0.389. The van der Waals surface area contributed by atoms with Crippen LogP contribution < -0.4 is 10.5 Å². The van der Waals surface area contributed by atoms with Gasteiger partial charge in [-0.2, -0.15) is 4.98 Å². The van der Waals surface area contributed by atoms with E-state index in [9.17, 15) is 0 Å². The van der Waals surface area contributed by atoms with Crippen molar-refractivity contribution < 1.29 is 4.74 Å². The second-order valence-electron chi connectivity index (χ2n) is 6.48. The summed E-state index contributed by atoms with van der Waals surface area (Å²) in [6, 6.07) is 0. The zero-order valence-electron chi connectivity index (χ0n) is 15.1. The van der Waals surface area contributed by atoms with Gasteiger partial charge in [-0.3, -0.25) is 4.98 Å². The van der Waals surface area contributed by atoms with Gasteiger partial charge in [0.15, 0.2) is 0 Å². The van der Waals surface area contributed by atoms with E-state index in [4.69, 9.17) is 22.1 Å². The molecule has 6 nitrogen and oxygen atoms in total. The summed E-state index contributed by atoms with van der Waals surface area (Å²) in [5.74, 6) is 1.31. The van der Waals surface area contributed by atoms with Crippen LogP contribution in [-0.2, 0) is 6.54 Å². The van der Waals surface area contributed by atoms with Crippen molar-refractivity contribution in [2.45, 2.75) is 40.2 Å². The number of methoxy groups -OCH3 is 1. The molecule has 0 unspecified atom stereocenters. The molecule has 0 aromatic carbocycles. The summed E-state index contributed by atoms with van der Waals surface area (Å²) < 4.78 is 7.53. The minimum Gasteiger partial charge on any atom is -0.496 e. The van der Waals surface area contributed by atoms with Gasteiger partial charge in [-0.25, -0.2) is 4.98 Å². The van der Waals surface area contributed by atoms with Crippen LogP contribution >= 0.6 is 11.6 Å². The van der Waals surface area contributed by atoms with Gasteiger partial charge in [-0.15, -0.1) is 0 Å². The molecule has 0 aliphatic heterocycles. The highest BCUT2D eigenvalue weighted by Crippen LogP contribution is 2.33. The molecule has 0 radical (unpaired) electrons. The Morgan fingerprint density at radius 3 is 2.64 bits per heavy atom. The number of nitrogen functional groups attached to an aromatic ring is 1. The topological polar surface area (TPSA) is 78.8 Å². The number of rotatable bonds is 4. The van der Waals surface area contributed by atoms with Crippen LogP contribution in [0.4, 0.5) is 5.95 Å². The van der Waals surface area contributed by atoms with Gasteiger partial charge in [0, 0.05) is 23.5 Å². The molecule has 2 N–H and O–H groups in total. The average Bonchev–Trinajstić information content (AvgIpc) is 2.90. The number of pyridine rings is 1. The Morgan fingerprint density at radius 2 is 2.00 bits per heavy atom. The standard InChI is InChI=1S/C18H22ClN5O/c1-9(2)12-7-24(17-14(12)16(19)22-18(20)23-17)8-13-11(4)15(25-5)10(3)6-21-13/h6-7,9H,8H2,1-5H3,(H2,20,22,23). The van der Waals surface area contributed by atoms with E-state index < -0.39 is 0 Å². The van der Waals surface area contributed by atoms with Gasteiger partial charge in [-0.05, 0) is 25.3 Å². The number of aromatic nitrogens is 4. The molecule has 0 saturated carbocycles. The second-order valence-corrected chi connectivity index (χ2v) is 6.84. The van der Waals surface area contributed by atoms with Gasteiger partial charge in [0.2, 0.25) is 5.95 Å². The summed E-state index contributed by atoms with van der Waals surface area (Å²) in [6.45, 7) is 8.78. The first-order valence-electron chi connectivity index (χ1n) is 8.14. The molecule has 0 bridgehead atoms. The zero-order valence-corrected chi connectivity index (χ0v) is 15.8. The Labute approximate surface area is 152 Å². The van der Waals surface area contributed by atoms with Gasteiger partial charge >= 0.3 is 0 Å². The molecule has 0 amide bonds. The number of ether oxygens (including phenoxy) is 1. The van der Waals surface area contributed by atoms with Gasteiger partial charge < -0.3 is 15.0 Å². The molecule has 3 aromatic rings. The Kier molecular flexibility index (Phi) is 4.56. The van der Waals surface area contributed by atoms with Crippen LogP contribution in [0.5, 0.6) is 5.75 Å². The number of hydrogen-bond donors (Lipinski definition) is 1. The predicted molar refractivity (Wildman–Crippen MR) is 100 cm³/mol. The van der Waals surface area contributed by atoms with E-state index in [0.29, 0.717) is 11.7 Å². The fourth-order valence-electron chi connectivity index (χ4n) is 3.14. The largest absolute Gasteiger partial charge is 0.496 e. The lowest BCUT2D eigenvalue weighted by Gasteiger charge is -2.13. The minimum absolute atomic E-state index is 0.165. The van der Waals surface area contributed by atoms with Crippen molar-refractivity contribution in [3.8, 4) is 5.75 Å². The van der Waals surface area contributed by atoms with E-state index in [0.717, 1.165) is 39.2 Å². The van der Waals surface area contributed by atoms with Crippen LogP contribution in [0.15, 0.2) is 12.4 Å². The highest BCUT2D eigenvalue weighted by Gasteiger charge is 2.19. The Bertz CT molecular complexity index is 949. The van der Waals surface area contributed by atoms with Crippen molar-refractivity contribution in [3.05, 3.63) is 39.9 Å². The molecule has 3 heterocycles. The summed E-state index contributed by atoms with van der Waals surface area (Å²) in [7, 11) is 1.68. The van der Waals surface area contributed by atoms with E-state index in [1.807, 2.05) is 24.6 Å².